The third kappa shape index (κ3) is 4.50. The van der Waals surface area contributed by atoms with Crippen molar-refractivity contribution in [2.75, 3.05) is 26.7 Å². The Balaban J connectivity index is 2.44. The van der Waals surface area contributed by atoms with Gasteiger partial charge in [-0.3, -0.25) is 4.90 Å². The lowest BCUT2D eigenvalue weighted by Crippen LogP contribution is -2.52. The van der Waals surface area contributed by atoms with E-state index < -0.39 is 11.7 Å². The van der Waals surface area contributed by atoms with Crippen molar-refractivity contribution in [1.82, 2.24) is 4.90 Å². The number of ether oxygens (including phenoxy) is 2. The van der Waals surface area contributed by atoms with Gasteiger partial charge in [-0.05, 0) is 41.0 Å². The van der Waals surface area contributed by atoms with Gasteiger partial charge in [-0.25, -0.2) is 0 Å². The lowest BCUT2D eigenvalue weighted by atomic mass is 9.97. The predicted octanol–water partition coefficient (Wildman–Crippen LogP) is 1.66. The first-order valence-electron chi connectivity index (χ1n) is 6.80. The summed E-state index contributed by atoms with van der Waals surface area (Å²) in [5.41, 5.74) is -0.577. The molecule has 0 amide bonds. The van der Waals surface area contributed by atoms with Crippen LogP contribution in [0.25, 0.3) is 0 Å². The average Bonchev–Trinajstić information content (AvgIpc) is 2.23. The molecule has 1 aliphatic heterocycles. The van der Waals surface area contributed by atoms with Crippen molar-refractivity contribution >= 4 is 0 Å². The molecule has 0 aromatic carbocycles. The maximum absolute atomic E-state index is 10.1. The third-order valence-electron chi connectivity index (χ3n) is 3.69. The number of hydrogen-bond donors (Lipinski definition) is 1. The molecule has 1 heterocycles. The van der Waals surface area contributed by atoms with Crippen LogP contribution in [0, 0.1) is 0 Å². The molecule has 4 heteroatoms. The summed E-state index contributed by atoms with van der Waals surface area (Å²) < 4.78 is 11.2. The molecule has 1 N–H and O–H groups in total. The van der Waals surface area contributed by atoms with Crippen LogP contribution in [0.4, 0.5) is 0 Å². The van der Waals surface area contributed by atoms with E-state index in [1.54, 1.807) is 7.11 Å². The van der Waals surface area contributed by atoms with Crippen molar-refractivity contribution in [2.45, 2.75) is 64.4 Å². The van der Waals surface area contributed by atoms with Gasteiger partial charge in [-0.2, -0.15) is 0 Å². The number of aliphatic hydroxyl groups excluding tert-OH is 1. The van der Waals surface area contributed by atoms with Crippen LogP contribution in [0.5, 0.6) is 0 Å². The zero-order valence-electron chi connectivity index (χ0n) is 12.7. The highest BCUT2D eigenvalue weighted by Crippen LogP contribution is 2.22. The second kappa shape index (κ2) is 5.87. The molecule has 0 aromatic heterocycles. The van der Waals surface area contributed by atoms with E-state index in [1.165, 1.54) is 0 Å². The van der Waals surface area contributed by atoms with Gasteiger partial charge in [0.2, 0.25) is 0 Å². The summed E-state index contributed by atoms with van der Waals surface area (Å²) in [7, 11) is 1.64. The van der Waals surface area contributed by atoms with E-state index in [9.17, 15) is 5.11 Å². The summed E-state index contributed by atoms with van der Waals surface area (Å²) in [5.74, 6) is 0. The number of aliphatic hydroxyl groups is 1. The van der Waals surface area contributed by atoms with E-state index in [4.69, 9.17) is 9.47 Å². The van der Waals surface area contributed by atoms with Gasteiger partial charge in [-0.15, -0.1) is 0 Å². The van der Waals surface area contributed by atoms with Gasteiger partial charge < -0.3 is 14.6 Å². The second-order valence-electron chi connectivity index (χ2n) is 6.54. The molecule has 4 nitrogen and oxygen atoms in total. The summed E-state index contributed by atoms with van der Waals surface area (Å²) in [6, 6.07) is 0. The Morgan fingerprint density at radius 2 is 2.11 bits per heavy atom. The molecular formula is C14H29NO3. The minimum absolute atomic E-state index is 0.0978. The molecule has 0 aromatic rings. The van der Waals surface area contributed by atoms with E-state index >= 15 is 0 Å². The van der Waals surface area contributed by atoms with Gasteiger partial charge in [0, 0.05) is 26.7 Å². The fourth-order valence-corrected chi connectivity index (χ4v) is 2.54. The molecule has 1 fully saturated rings. The van der Waals surface area contributed by atoms with E-state index in [1.807, 2.05) is 13.8 Å². The summed E-state index contributed by atoms with van der Waals surface area (Å²) in [6.07, 6.45) is 0.536. The van der Waals surface area contributed by atoms with E-state index in [2.05, 4.69) is 25.7 Å². The first-order valence-corrected chi connectivity index (χ1v) is 6.80. The van der Waals surface area contributed by atoms with Crippen LogP contribution < -0.4 is 0 Å². The molecule has 0 saturated carbocycles. The number of methoxy groups -OCH3 is 1. The predicted molar refractivity (Wildman–Crippen MR) is 72.8 cm³/mol. The fourth-order valence-electron chi connectivity index (χ4n) is 2.54. The van der Waals surface area contributed by atoms with Crippen LogP contribution in [0.2, 0.25) is 0 Å². The van der Waals surface area contributed by atoms with Crippen LogP contribution in [0.1, 0.15) is 41.0 Å². The monoisotopic (exact) mass is 259 g/mol. The molecule has 0 aliphatic carbocycles. The Morgan fingerprint density at radius 1 is 1.50 bits per heavy atom. The van der Waals surface area contributed by atoms with Gasteiger partial charge in [-0.1, -0.05) is 0 Å². The second-order valence-corrected chi connectivity index (χ2v) is 6.54. The van der Waals surface area contributed by atoms with E-state index in [-0.39, 0.29) is 11.7 Å². The van der Waals surface area contributed by atoms with Gasteiger partial charge in [0.15, 0.2) is 0 Å². The third-order valence-corrected chi connectivity index (χ3v) is 3.69. The van der Waals surface area contributed by atoms with Crippen LogP contribution >= 0.6 is 0 Å². The summed E-state index contributed by atoms with van der Waals surface area (Å²) in [5, 5.41) is 10.1. The fraction of sp³-hybridized carbons (Fsp3) is 1.00. The first kappa shape index (κ1) is 15.9. The standard InChI is InChI=1S/C14H29NO3/c1-11-9-15(10-13(2,3)18-11)8-7-12(16)14(4,5)17-6/h11-12,16H,7-10H2,1-6H3. The molecule has 0 radical (unpaired) electrons. The summed E-state index contributed by atoms with van der Waals surface area (Å²) >= 11 is 0. The first-order chi connectivity index (χ1) is 8.16. The quantitative estimate of drug-likeness (QED) is 0.815. The molecule has 2 atom stereocenters. The molecule has 18 heavy (non-hydrogen) atoms. The van der Waals surface area contributed by atoms with Gasteiger partial charge in [0.25, 0.3) is 0 Å². The molecule has 2 unspecified atom stereocenters. The normalized spacial score (nSPS) is 27.2. The Labute approximate surface area is 111 Å². The van der Waals surface area contributed by atoms with Gasteiger partial charge in [0.05, 0.1) is 23.4 Å². The minimum Gasteiger partial charge on any atom is -0.390 e. The number of hydrogen-bond acceptors (Lipinski definition) is 4. The summed E-state index contributed by atoms with van der Waals surface area (Å²) in [4.78, 5) is 2.36. The number of nitrogens with zero attached hydrogens (tertiary/aromatic N) is 1. The highest BCUT2D eigenvalue weighted by molar-refractivity contribution is 4.85. The maximum Gasteiger partial charge on any atom is 0.0880 e. The molecule has 0 spiro atoms. The Morgan fingerprint density at radius 3 is 2.61 bits per heavy atom. The number of morpholine rings is 1. The van der Waals surface area contributed by atoms with Crippen molar-refractivity contribution in [2.24, 2.45) is 0 Å². The zero-order valence-corrected chi connectivity index (χ0v) is 12.7. The minimum atomic E-state index is -0.479. The molecule has 1 aliphatic rings. The van der Waals surface area contributed by atoms with Crippen LogP contribution in [-0.2, 0) is 9.47 Å². The van der Waals surface area contributed by atoms with Crippen molar-refractivity contribution < 1.29 is 14.6 Å². The SMILES string of the molecule is COC(C)(C)C(O)CCN1CC(C)OC(C)(C)C1. The molecule has 1 rings (SSSR count). The Bertz CT molecular complexity index is 266. The molecule has 108 valence electrons. The lowest BCUT2D eigenvalue weighted by Gasteiger charge is -2.42. The van der Waals surface area contributed by atoms with Crippen LogP contribution in [0.15, 0.2) is 0 Å². The number of rotatable bonds is 5. The van der Waals surface area contributed by atoms with Crippen molar-refractivity contribution in [3.63, 3.8) is 0 Å². The van der Waals surface area contributed by atoms with Crippen LogP contribution in [0.3, 0.4) is 0 Å². The maximum atomic E-state index is 10.1. The van der Waals surface area contributed by atoms with Crippen molar-refractivity contribution in [1.29, 1.82) is 0 Å². The highest BCUT2D eigenvalue weighted by Gasteiger charge is 2.33. The molecule has 0 bridgehead atoms. The largest absolute Gasteiger partial charge is 0.390 e. The van der Waals surface area contributed by atoms with Crippen LogP contribution in [-0.4, -0.2) is 60.2 Å². The Hall–Kier alpha value is -0.160. The van der Waals surface area contributed by atoms with E-state index in [0.717, 1.165) is 26.1 Å². The van der Waals surface area contributed by atoms with E-state index in [0.29, 0.717) is 0 Å². The molecular weight excluding hydrogens is 230 g/mol. The summed E-state index contributed by atoms with van der Waals surface area (Å²) in [6.45, 7) is 12.9. The van der Waals surface area contributed by atoms with Crippen molar-refractivity contribution in [3.8, 4) is 0 Å². The highest BCUT2D eigenvalue weighted by atomic mass is 16.5. The Kier molecular flexibility index (Phi) is 5.18. The van der Waals surface area contributed by atoms with Gasteiger partial charge >= 0.3 is 0 Å². The average molecular weight is 259 g/mol. The molecule has 1 saturated heterocycles. The van der Waals surface area contributed by atoms with Gasteiger partial charge in [0.1, 0.15) is 0 Å². The zero-order chi connectivity index (χ0) is 14.0. The smallest absolute Gasteiger partial charge is 0.0880 e. The lowest BCUT2D eigenvalue weighted by molar-refractivity contribution is -0.134. The topological polar surface area (TPSA) is 41.9 Å². The van der Waals surface area contributed by atoms with Crippen molar-refractivity contribution in [3.05, 3.63) is 0 Å².